The molecule has 0 unspecified atom stereocenters. The number of carboxylic acids is 1. The minimum absolute atomic E-state index is 0.405. The Kier molecular flexibility index (Phi) is 4.94. The summed E-state index contributed by atoms with van der Waals surface area (Å²) in [5.41, 5.74) is 0. The summed E-state index contributed by atoms with van der Waals surface area (Å²) in [6.07, 6.45) is -0.914. The van der Waals surface area contributed by atoms with Crippen LogP contribution in [0.4, 0.5) is 0 Å². The Balaban J connectivity index is 2.07. The van der Waals surface area contributed by atoms with E-state index < -0.39 is 12.1 Å². The van der Waals surface area contributed by atoms with Gasteiger partial charge in [-0.05, 0) is 49.4 Å². The minimum Gasteiger partial charge on any atom is -0.479 e. The maximum Gasteiger partial charge on any atom is 0.344 e. The maximum atomic E-state index is 10.7. The Morgan fingerprint density at radius 2 is 1.71 bits per heavy atom. The van der Waals surface area contributed by atoms with E-state index in [4.69, 9.17) is 37.8 Å². The van der Waals surface area contributed by atoms with E-state index in [-0.39, 0.29) is 0 Å². The summed E-state index contributed by atoms with van der Waals surface area (Å²) in [5, 5.41) is 9.70. The molecule has 0 spiro atoms. The Morgan fingerprint density at radius 1 is 1.10 bits per heavy atom. The highest BCUT2D eigenvalue weighted by Crippen LogP contribution is 2.32. The molecule has 0 bridgehead atoms. The van der Waals surface area contributed by atoms with Crippen molar-refractivity contribution in [1.29, 1.82) is 0 Å². The molecular weight excluding hydrogens is 315 g/mol. The van der Waals surface area contributed by atoms with Gasteiger partial charge in [0.2, 0.25) is 0 Å². The maximum absolute atomic E-state index is 10.7. The first-order chi connectivity index (χ1) is 9.95. The van der Waals surface area contributed by atoms with Crippen LogP contribution in [0.3, 0.4) is 0 Å². The average Bonchev–Trinajstić information content (AvgIpc) is 2.43. The third-order valence-corrected chi connectivity index (χ3v) is 3.14. The van der Waals surface area contributed by atoms with Crippen molar-refractivity contribution >= 4 is 29.2 Å². The molecule has 0 fully saturated rings. The van der Waals surface area contributed by atoms with Gasteiger partial charge in [-0.15, -0.1) is 0 Å². The number of aliphatic carboxylic acids is 1. The van der Waals surface area contributed by atoms with Gasteiger partial charge < -0.3 is 14.6 Å². The van der Waals surface area contributed by atoms with Gasteiger partial charge >= 0.3 is 5.97 Å². The Hall–Kier alpha value is -1.91. The predicted molar refractivity (Wildman–Crippen MR) is 80.7 cm³/mol. The van der Waals surface area contributed by atoms with Crippen LogP contribution in [-0.2, 0) is 4.79 Å². The van der Waals surface area contributed by atoms with Crippen LogP contribution in [0.15, 0.2) is 42.5 Å². The molecule has 2 aromatic rings. The number of carbonyl (C=O) groups is 1. The fourth-order valence-electron chi connectivity index (χ4n) is 1.53. The van der Waals surface area contributed by atoms with E-state index in [2.05, 4.69) is 0 Å². The second-order valence-electron chi connectivity index (χ2n) is 4.25. The van der Waals surface area contributed by atoms with Crippen molar-refractivity contribution in [3.8, 4) is 17.2 Å². The topological polar surface area (TPSA) is 55.8 Å². The highest BCUT2D eigenvalue weighted by atomic mass is 35.5. The normalized spacial score (nSPS) is 11.8. The van der Waals surface area contributed by atoms with Crippen molar-refractivity contribution in [3.05, 3.63) is 52.5 Å². The van der Waals surface area contributed by atoms with E-state index in [0.29, 0.717) is 27.3 Å². The zero-order chi connectivity index (χ0) is 15.4. The summed E-state index contributed by atoms with van der Waals surface area (Å²) in [4.78, 5) is 10.7. The van der Waals surface area contributed by atoms with Crippen molar-refractivity contribution in [3.63, 3.8) is 0 Å². The summed E-state index contributed by atoms with van der Waals surface area (Å²) in [6.45, 7) is 1.46. The van der Waals surface area contributed by atoms with Crippen LogP contribution in [-0.4, -0.2) is 17.2 Å². The van der Waals surface area contributed by atoms with Gasteiger partial charge in [0, 0.05) is 5.02 Å². The molecule has 2 rings (SSSR count). The summed E-state index contributed by atoms with van der Waals surface area (Å²) >= 11 is 11.8. The molecule has 1 N–H and O–H groups in total. The van der Waals surface area contributed by atoms with Gasteiger partial charge in [-0.3, -0.25) is 0 Å². The van der Waals surface area contributed by atoms with Crippen molar-refractivity contribution in [2.45, 2.75) is 13.0 Å². The molecule has 0 aliphatic heterocycles. The van der Waals surface area contributed by atoms with E-state index >= 15 is 0 Å². The molecule has 4 nitrogen and oxygen atoms in total. The van der Waals surface area contributed by atoms with Gasteiger partial charge in [0.1, 0.15) is 17.2 Å². The third-order valence-electron chi connectivity index (χ3n) is 2.61. The molecule has 0 radical (unpaired) electrons. The van der Waals surface area contributed by atoms with Crippen molar-refractivity contribution < 1.29 is 19.4 Å². The summed E-state index contributed by atoms with van der Waals surface area (Å²) in [6, 6.07) is 11.5. The molecule has 0 aromatic heterocycles. The van der Waals surface area contributed by atoms with Crippen LogP contribution >= 0.6 is 23.2 Å². The molecule has 1 atom stereocenters. The molecule has 6 heteroatoms. The first kappa shape index (κ1) is 15.5. The van der Waals surface area contributed by atoms with Crippen LogP contribution in [0.1, 0.15) is 6.92 Å². The number of benzene rings is 2. The zero-order valence-corrected chi connectivity index (χ0v) is 12.6. The predicted octanol–water partition coefficient (Wildman–Crippen LogP) is 4.64. The highest BCUT2D eigenvalue weighted by molar-refractivity contribution is 6.35. The number of hydrogen-bond donors (Lipinski definition) is 1. The highest BCUT2D eigenvalue weighted by Gasteiger charge is 2.12. The largest absolute Gasteiger partial charge is 0.479 e. The van der Waals surface area contributed by atoms with E-state index in [0.717, 1.165) is 0 Å². The minimum atomic E-state index is -1.02. The molecule has 21 heavy (non-hydrogen) atoms. The van der Waals surface area contributed by atoms with Gasteiger partial charge in [-0.1, -0.05) is 23.2 Å². The first-order valence-electron chi connectivity index (χ1n) is 6.08. The fourth-order valence-corrected chi connectivity index (χ4v) is 1.97. The zero-order valence-electron chi connectivity index (χ0n) is 11.0. The van der Waals surface area contributed by atoms with E-state index in [1.807, 2.05) is 0 Å². The lowest BCUT2D eigenvalue weighted by molar-refractivity contribution is -0.144. The van der Waals surface area contributed by atoms with Gasteiger partial charge in [0.15, 0.2) is 6.10 Å². The Morgan fingerprint density at radius 3 is 2.29 bits per heavy atom. The number of halogens is 2. The quantitative estimate of drug-likeness (QED) is 0.869. The van der Waals surface area contributed by atoms with Crippen LogP contribution in [0, 0.1) is 0 Å². The van der Waals surface area contributed by atoms with Crippen molar-refractivity contribution in [2.24, 2.45) is 0 Å². The molecule has 110 valence electrons. The second-order valence-corrected chi connectivity index (χ2v) is 5.09. The van der Waals surface area contributed by atoms with E-state index in [1.165, 1.54) is 6.92 Å². The molecule has 0 saturated heterocycles. The summed E-state index contributed by atoms with van der Waals surface area (Å²) in [7, 11) is 0. The fraction of sp³-hybridized carbons (Fsp3) is 0.133. The Labute approximate surface area is 131 Å². The number of ether oxygens (including phenoxy) is 2. The van der Waals surface area contributed by atoms with Gasteiger partial charge in [0.25, 0.3) is 0 Å². The first-order valence-corrected chi connectivity index (χ1v) is 6.84. The van der Waals surface area contributed by atoms with E-state index in [1.54, 1.807) is 42.5 Å². The number of hydrogen-bond acceptors (Lipinski definition) is 3. The Bertz CT molecular complexity index is 641. The van der Waals surface area contributed by atoms with Gasteiger partial charge in [-0.25, -0.2) is 4.79 Å². The molecule has 0 amide bonds. The average molecular weight is 327 g/mol. The molecule has 2 aromatic carbocycles. The van der Waals surface area contributed by atoms with Crippen molar-refractivity contribution in [2.75, 3.05) is 0 Å². The number of carboxylic acid groups (broad SMARTS) is 1. The number of rotatable bonds is 5. The molecule has 0 saturated carbocycles. The molecular formula is C15H12Cl2O4. The van der Waals surface area contributed by atoms with Crippen LogP contribution in [0.5, 0.6) is 17.2 Å². The van der Waals surface area contributed by atoms with Crippen LogP contribution < -0.4 is 9.47 Å². The van der Waals surface area contributed by atoms with Gasteiger partial charge in [-0.2, -0.15) is 0 Å². The van der Waals surface area contributed by atoms with Crippen LogP contribution in [0.2, 0.25) is 10.0 Å². The summed E-state index contributed by atoms with van der Waals surface area (Å²) in [5.74, 6) is 0.450. The monoisotopic (exact) mass is 326 g/mol. The van der Waals surface area contributed by atoms with Crippen LogP contribution in [0.25, 0.3) is 0 Å². The van der Waals surface area contributed by atoms with Crippen molar-refractivity contribution in [1.82, 2.24) is 0 Å². The third kappa shape index (κ3) is 4.28. The standard InChI is InChI=1S/C15H12Cl2O4/c1-9(15(18)19)20-11-3-5-12(6-4-11)21-14-7-2-10(16)8-13(14)17/h2-9H,1H3,(H,18,19)/t9-/m1/s1. The summed E-state index contributed by atoms with van der Waals surface area (Å²) < 4.78 is 10.8. The SMILES string of the molecule is C[C@@H](Oc1ccc(Oc2ccc(Cl)cc2Cl)cc1)C(=O)O. The molecule has 0 heterocycles. The smallest absolute Gasteiger partial charge is 0.344 e. The van der Waals surface area contributed by atoms with Gasteiger partial charge in [0.05, 0.1) is 5.02 Å². The lowest BCUT2D eigenvalue weighted by Crippen LogP contribution is -2.22. The lowest BCUT2D eigenvalue weighted by Gasteiger charge is -2.11. The molecule has 0 aliphatic carbocycles. The van der Waals surface area contributed by atoms with E-state index in [9.17, 15) is 4.79 Å². The second kappa shape index (κ2) is 6.70. The lowest BCUT2D eigenvalue weighted by atomic mass is 10.3. The molecule has 0 aliphatic rings.